The molecule has 0 aliphatic carbocycles. The molecule has 132 valence electrons. The Balaban J connectivity index is 1.51. The van der Waals surface area contributed by atoms with Crippen LogP contribution in [0.25, 0.3) is 0 Å². The molecule has 1 atom stereocenters. The number of carbonyl (C=O) groups is 2. The predicted molar refractivity (Wildman–Crippen MR) is 95.4 cm³/mol. The van der Waals surface area contributed by atoms with E-state index >= 15 is 0 Å². The van der Waals surface area contributed by atoms with E-state index in [-0.39, 0.29) is 17.7 Å². The molecule has 0 N–H and O–H groups in total. The van der Waals surface area contributed by atoms with Gasteiger partial charge in [-0.2, -0.15) is 0 Å². The molecule has 1 saturated heterocycles. The van der Waals surface area contributed by atoms with Gasteiger partial charge in [-0.25, -0.2) is 0 Å². The molecule has 2 amide bonds. The summed E-state index contributed by atoms with van der Waals surface area (Å²) in [6.45, 7) is 6.14. The summed E-state index contributed by atoms with van der Waals surface area (Å²) in [5.41, 5.74) is 1.18. The van der Waals surface area contributed by atoms with Crippen molar-refractivity contribution in [2.75, 3.05) is 26.2 Å². The molecule has 1 aromatic carbocycles. The number of furan rings is 1. The van der Waals surface area contributed by atoms with E-state index in [2.05, 4.69) is 19.1 Å². The highest BCUT2D eigenvalue weighted by Gasteiger charge is 2.27. The van der Waals surface area contributed by atoms with Gasteiger partial charge in [-0.1, -0.05) is 37.3 Å². The van der Waals surface area contributed by atoms with Crippen molar-refractivity contribution in [3.05, 3.63) is 59.5 Å². The molecule has 2 heterocycles. The third kappa shape index (κ3) is 4.10. The third-order valence-electron chi connectivity index (χ3n) is 4.72. The minimum absolute atomic E-state index is 0.0992. The predicted octanol–water partition coefficient (Wildman–Crippen LogP) is 3.07. The molecule has 0 spiro atoms. The summed E-state index contributed by atoms with van der Waals surface area (Å²) in [6, 6.07) is 13.6. The first-order valence-corrected chi connectivity index (χ1v) is 8.73. The Labute approximate surface area is 148 Å². The van der Waals surface area contributed by atoms with E-state index in [4.69, 9.17) is 4.42 Å². The molecule has 0 radical (unpaired) electrons. The van der Waals surface area contributed by atoms with Gasteiger partial charge in [-0.3, -0.25) is 9.59 Å². The second-order valence-corrected chi connectivity index (χ2v) is 6.60. The second-order valence-electron chi connectivity index (χ2n) is 6.60. The average molecular weight is 340 g/mol. The molecule has 5 heteroatoms. The number of hydrogen-bond acceptors (Lipinski definition) is 3. The minimum Gasteiger partial charge on any atom is -0.456 e. The number of rotatable bonds is 4. The molecular weight excluding hydrogens is 316 g/mol. The van der Waals surface area contributed by atoms with Gasteiger partial charge in [0.05, 0.1) is 0 Å². The topological polar surface area (TPSA) is 53.8 Å². The van der Waals surface area contributed by atoms with Crippen LogP contribution in [-0.4, -0.2) is 47.8 Å². The van der Waals surface area contributed by atoms with Crippen LogP contribution in [0.1, 0.15) is 41.1 Å². The van der Waals surface area contributed by atoms with E-state index in [1.54, 1.807) is 17.0 Å². The fourth-order valence-corrected chi connectivity index (χ4v) is 3.15. The van der Waals surface area contributed by atoms with Crippen LogP contribution in [0.3, 0.4) is 0 Å². The summed E-state index contributed by atoms with van der Waals surface area (Å²) in [7, 11) is 0. The molecule has 1 fully saturated rings. The Hall–Kier alpha value is -2.56. The highest BCUT2D eigenvalue weighted by molar-refractivity contribution is 5.91. The van der Waals surface area contributed by atoms with Crippen molar-refractivity contribution >= 4 is 11.8 Å². The zero-order valence-corrected chi connectivity index (χ0v) is 14.8. The number of amides is 2. The van der Waals surface area contributed by atoms with Crippen LogP contribution in [0, 0.1) is 6.92 Å². The van der Waals surface area contributed by atoms with Crippen molar-refractivity contribution in [2.45, 2.75) is 26.2 Å². The molecule has 0 unspecified atom stereocenters. The fourth-order valence-electron chi connectivity index (χ4n) is 3.15. The molecule has 0 saturated carbocycles. The maximum absolute atomic E-state index is 12.5. The van der Waals surface area contributed by atoms with Gasteiger partial charge in [0.25, 0.3) is 5.91 Å². The van der Waals surface area contributed by atoms with Crippen LogP contribution in [0.15, 0.2) is 46.9 Å². The zero-order valence-electron chi connectivity index (χ0n) is 14.8. The first kappa shape index (κ1) is 17.3. The van der Waals surface area contributed by atoms with Gasteiger partial charge < -0.3 is 14.2 Å². The number of hydrogen-bond donors (Lipinski definition) is 0. The lowest BCUT2D eigenvalue weighted by Crippen LogP contribution is -2.50. The van der Waals surface area contributed by atoms with E-state index in [1.807, 2.05) is 30.0 Å². The lowest BCUT2D eigenvalue weighted by molar-refractivity contribution is -0.133. The van der Waals surface area contributed by atoms with E-state index < -0.39 is 0 Å². The summed E-state index contributed by atoms with van der Waals surface area (Å²) in [5.74, 6) is 1.34. The summed E-state index contributed by atoms with van der Waals surface area (Å²) in [5, 5.41) is 0. The molecule has 2 aromatic rings. The monoisotopic (exact) mass is 340 g/mol. The first-order chi connectivity index (χ1) is 12.0. The van der Waals surface area contributed by atoms with Crippen LogP contribution in [-0.2, 0) is 4.79 Å². The quantitative estimate of drug-likeness (QED) is 0.859. The highest BCUT2D eigenvalue weighted by atomic mass is 16.3. The Bertz CT molecular complexity index is 730. The van der Waals surface area contributed by atoms with Gasteiger partial charge in [0.15, 0.2) is 5.76 Å². The zero-order chi connectivity index (χ0) is 17.8. The van der Waals surface area contributed by atoms with E-state index in [0.29, 0.717) is 38.4 Å². The van der Waals surface area contributed by atoms with Crippen LogP contribution >= 0.6 is 0 Å². The van der Waals surface area contributed by atoms with Crippen molar-refractivity contribution in [1.82, 2.24) is 9.80 Å². The van der Waals surface area contributed by atoms with Gasteiger partial charge >= 0.3 is 0 Å². The van der Waals surface area contributed by atoms with Crippen LogP contribution in [0.2, 0.25) is 0 Å². The van der Waals surface area contributed by atoms with Crippen LogP contribution in [0.4, 0.5) is 0 Å². The van der Waals surface area contributed by atoms with Crippen molar-refractivity contribution in [1.29, 1.82) is 0 Å². The number of carbonyl (C=O) groups excluding carboxylic acids is 2. The smallest absolute Gasteiger partial charge is 0.289 e. The fraction of sp³-hybridized carbons (Fsp3) is 0.400. The van der Waals surface area contributed by atoms with E-state index in [1.165, 1.54) is 5.56 Å². The van der Waals surface area contributed by atoms with Gasteiger partial charge in [0.2, 0.25) is 5.91 Å². The standard InChI is InChI=1S/C20H24N2O3/c1-15(17-6-4-3-5-7-17)14-19(23)21-10-12-22(13-11-21)20(24)18-9-8-16(2)25-18/h3-9,15H,10-14H2,1-2H3/t15-/m0/s1. The SMILES string of the molecule is Cc1ccc(C(=O)N2CCN(C(=O)C[C@H](C)c3ccccc3)CC2)o1. The van der Waals surface area contributed by atoms with E-state index in [9.17, 15) is 9.59 Å². The lowest BCUT2D eigenvalue weighted by Gasteiger charge is -2.34. The number of nitrogens with zero attached hydrogens (tertiary/aromatic N) is 2. The molecule has 3 rings (SSSR count). The Morgan fingerprint density at radius 2 is 1.64 bits per heavy atom. The van der Waals surface area contributed by atoms with Gasteiger partial charge in [-0.15, -0.1) is 0 Å². The molecule has 1 aromatic heterocycles. The van der Waals surface area contributed by atoms with Gasteiger partial charge in [0.1, 0.15) is 5.76 Å². The van der Waals surface area contributed by atoms with Gasteiger partial charge in [0, 0.05) is 32.6 Å². The molecular formula is C20H24N2O3. The van der Waals surface area contributed by atoms with Crippen molar-refractivity contribution in [3.63, 3.8) is 0 Å². The van der Waals surface area contributed by atoms with Crippen molar-refractivity contribution in [2.24, 2.45) is 0 Å². The number of aryl methyl sites for hydroxylation is 1. The largest absolute Gasteiger partial charge is 0.456 e. The summed E-state index contributed by atoms with van der Waals surface area (Å²) in [6.07, 6.45) is 0.495. The van der Waals surface area contributed by atoms with Crippen molar-refractivity contribution < 1.29 is 14.0 Å². The Morgan fingerprint density at radius 1 is 1.00 bits per heavy atom. The Morgan fingerprint density at radius 3 is 2.24 bits per heavy atom. The second kappa shape index (κ2) is 7.55. The normalized spacial score (nSPS) is 15.9. The minimum atomic E-state index is -0.0992. The van der Waals surface area contributed by atoms with E-state index in [0.717, 1.165) is 5.76 Å². The molecule has 0 bridgehead atoms. The van der Waals surface area contributed by atoms with Crippen molar-refractivity contribution in [3.8, 4) is 0 Å². The molecule has 1 aliphatic heterocycles. The number of benzene rings is 1. The molecule has 1 aliphatic rings. The maximum Gasteiger partial charge on any atom is 0.289 e. The summed E-state index contributed by atoms with van der Waals surface area (Å²) in [4.78, 5) is 28.5. The maximum atomic E-state index is 12.5. The third-order valence-corrected chi connectivity index (χ3v) is 4.72. The van der Waals surface area contributed by atoms with Crippen LogP contribution in [0.5, 0.6) is 0 Å². The lowest BCUT2D eigenvalue weighted by atomic mass is 9.97. The highest BCUT2D eigenvalue weighted by Crippen LogP contribution is 2.20. The first-order valence-electron chi connectivity index (χ1n) is 8.73. The summed E-state index contributed by atoms with van der Waals surface area (Å²) < 4.78 is 5.40. The van der Waals surface area contributed by atoms with Crippen LogP contribution < -0.4 is 0 Å². The summed E-state index contributed by atoms with van der Waals surface area (Å²) >= 11 is 0. The average Bonchev–Trinajstić information content (AvgIpc) is 3.08. The molecule has 5 nitrogen and oxygen atoms in total. The number of piperazine rings is 1. The van der Waals surface area contributed by atoms with Gasteiger partial charge in [-0.05, 0) is 30.5 Å². The Kier molecular flexibility index (Phi) is 5.22. The molecule has 25 heavy (non-hydrogen) atoms.